The van der Waals surface area contributed by atoms with E-state index in [1.54, 1.807) is 12.3 Å². The molecule has 1 aromatic heterocycles. The Balaban J connectivity index is 2.41. The first-order valence-electron chi connectivity index (χ1n) is 6.33. The zero-order valence-electron chi connectivity index (χ0n) is 11.4. The minimum atomic E-state index is -0.663. The van der Waals surface area contributed by atoms with Gasteiger partial charge in [-0.1, -0.05) is 6.92 Å². The first-order valence-corrected chi connectivity index (χ1v) is 6.33. The number of rotatable bonds is 5. The Kier molecular flexibility index (Phi) is 4.63. The summed E-state index contributed by atoms with van der Waals surface area (Å²) in [6.45, 7) is 3.41. The molecule has 2 rings (SSSR count). The molecule has 20 heavy (non-hydrogen) atoms. The minimum Gasteiger partial charge on any atom is -0.497 e. The monoisotopic (exact) mass is 278 g/mol. The number of nitrogens with zero attached hydrogens (tertiary/aromatic N) is 1. The van der Waals surface area contributed by atoms with Gasteiger partial charge in [0.25, 0.3) is 0 Å². The number of hydrogen-bond acceptors (Lipinski definition) is 3. The topological polar surface area (TPSA) is 34.2 Å². The summed E-state index contributed by atoms with van der Waals surface area (Å²) in [5.74, 6) is -1.17. The van der Waals surface area contributed by atoms with Crippen LogP contribution in [0.2, 0.25) is 0 Å². The highest BCUT2D eigenvalue weighted by atomic mass is 19.1. The summed E-state index contributed by atoms with van der Waals surface area (Å²) < 4.78 is 32.8. The third kappa shape index (κ3) is 3.11. The molecule has 0 aliphatic carbocycles. The van der Waals surface area contributed by atoms with Gasteiger partial charge in [-0.25, -0.2) is 8.78 Å². The van der Waals surface area contributed by atoms with Crippen LogP contribution in [0.4, 0.5) is 8.78 Å². The molecule has 0 unspecified atom stereocenters. The second kappa shape index (κ2) is 6.43. The van der Waals surface area contributed by atoms with E-state index in [9.17, 15) is 8.78 Å². The van der Waals surface area contributed by atoms with E-state index in [1.165, 1.54) is 13.3 Å². The second-order valence-electron chi connectivity index (χ2n) is 4.33. The Morgan fingerprint density at radius 3 is 2.45 bits per heavy atom. The molecule has 0 bridgehead atoms. The van der Waals surface area contributed by atoms with Gasteiger partial charge < -0.3 is 10.1 Å². The number of ether oxygens (including phenoxy) is 1. The zero-order chi connectivity index (χ0) is 14.5. The predicted octanol–water partition coefficient (Wildman–Crippen LogP) is 3.14. The number of aromatic nitrogens is 1. The van der Waals surface area contributed by atoms with Gasteiger partial charge in [-0.3, -0.25) is 4.98 Å². The van der Waals surface area contributed by atoms with Crippen LogP contribution >= 0.6 is 0 Å². The lowest BCUT2D eigenvalue weighted by Gasteiger charge is -2.09. The van der Waals surface area contributed by atoms with Crippen LogP contribution in [0.15, 0.2) is 30.6 Å². The summed E-state index contributed by atoms with van der Waals surface area (Å²) in [6.07, 6.45) is 3.12. The molecule has 3 nitrogen and oxygen atoms in total. The first-order chi connectivity index (χ1) is 9.65. The van der Waals surface area contributed by atoms with Crippen LogP contribution in [-0.2, 0) is 6.54 Å². The fraction of sp³-hybridized carbons (Fsp3) is 0.267. The molecule has 0 saturated carbocycles. The highest BCUT2D eigenvalue weighted by Crippen LogP contribution is 2.29. The van der Waals surface area contributed by atoms with Crippen molar-refractivity contribution < 1.29 is 13.5 Å². The average Bonchev–Trinajstić information content (AvgIpc) is 2.44. The lowest BCUT2D eigenvalue weighted by atomic mass is 10.0. The average molecular weight is 278 g/mol. The van der Waals surface area contributed by atoms with Crippen LogP contribution in [0.5, 0.6) is 5.75 Å². The standard InChI is InChI=1S/C15H16F2N2O/c1-3-18-7-10-4-11(9-19-8-10)15-13(16)5-12(20-2)6-14(15)17/h4-6,8-9,18H,3,7H2,1-2H3. The molecule has 5 heteroatoms. The second-order valence-corrected chi connectivity index (χ2v) is 4.33. The molecule has 1 heterocycles. The van der Waals surface area contributed by atoms with E-state index in [0.29, 0.717) is 12.1 Å². The lowest BCUT2D eigenvalue weighted by molar-refractivity contribution is 0.407. The van der Waals surface area contributed by atoms with Crippen LogP contribution in [0.3, 0.4) is 0 Å². The Bertz CT molecular complexity index is 579. The maximum atomic E-state index is 14.0. The van der Waals surface area contributed by atoms with E-state index in [-0.39, 0.29) is 11.3 Å². The molecule has 0 aliphatic heterocycles. The molecular weight excluding hydrogens is 262 g/mol. The summed E-state index contributed by atoms with van der Waals surface area (Å²) in [4.78, 5) is 4.03. The normalized spacial score (nSPS) is 10.6. The van der Waals surface area contributed by atoms with Crippen molar-refractivity contribution >= 4 is 0 Å². The van der Waals surface area contributed by atoms with E-state index >= 15 is 0 Å². The van der Waals surface area contributed by atoms with Crippen LogP contribution in [0.25, 0.3) is 11.1 Å². The molecule has 0 saturated heterocycles. The minimum absolute atomic E-state index is 0.0864. The van der Waals surface area contributed by atoms with Gasteiger partial charge in [0, 0.05) is 36.6 Å². The summed E-state index contributed by atoms with van der Waals surface area (Å²) in [6, 6.07) is 4.05. The molecular formula is C15H16F2N2O. The number of hydrogen-bond donors (Lipinski definition) is 1. The smallest absolute Gasteiger partial charge is 0.137 e. The van der Waals surface area contributed by atoms with Gasteiger partial charge in [-0.15, -0.1) is 0 Å². The molecule has 1 aromatic carbocycles. The third-order valence-electron chi connectivity index (χ3n) is 2.91. The van der Waals surface area contributed by atoms with Gasteiger partial charge >= 0.3 is 0 Å². The Hall–Kier alpha value is -2.01. The van der Waals surface area contributed by atoms with Gasteiger partial charge in [0.15, 0.2) is 0 Å². The molecule has 0 fully saturated rings. The van der Waals surface area contributed by atoms with Gasteiger partial charge in [0.1, 0.15) is 17.4 Å². The van der Waals surface area contributed by atoms with Crippen molar-refractivity contribution in [1.82, 2.24) is 10.3 Å². The number of nitrogens with one attached hydrogen (secondary N) is 1. The molecule has 0 radical (unpaired) electrons. The van der Waals surface area contributed by atoms with Crippen molar-refractivity contribution in [3.8, 4) is 16.9 Å². The van der Waals surface area contributed by atoms with Crippen LogP contribution in [0, 0.1) is 11.6 Å². The lowest BCUT2D eigenvalue weighted by Crippen LogP contribution is -2.11. The number of halogens is 2. The molecule has 0 aliphatic rings. The largest absolute Gasteiger partial charge is 0.497 e. The molecule has 0 spiro atoms. The van der Waals surface area contributed by atoms with E-state index < -0.39 is 11.6 Å². The van der Waals surface area contributed by atoms with Crippen molar-refractivity contribution in [1.29, 1.82) is 0 Å². The SMILES string of the molecule is CCNCc1cncc(-c2c(F)cc(OC)cc2F)c1. The number of methoxy groups -OCH3 is 1. The Labute approximate surface area is 116 Å². The van der Waals surface area contributed by atoms with E-state index in [1.807, 2.05) is 6.92 Å². The van der Waals surface area contributed by atoms with Crippen molar-refractivity contribution in [2.75, 3.05) is 13.7 Å². The Morgan fingerprint density at radius 2 is 1.85 bits per heavy atom. The van der Waals surface area contributed by atoms with Crippen molar-refractivity contribution in [2.45, 2.75) is 13.5 Å². The summed E-state index contributed by atoms with van der Waals surface area (Å²) in [7, 11) is 1.37. The van der Waals surface area contributed by atoms with E-state index in [2.05, 4.69) is 10.3 Å². The van der Waals surface area contributed by atoms with Crippen LogP contribution < -0.4 is 10.1 Å². The highest BCUT2D eigenvalue weighted by Gasteiger charge is 2.14. The fourth-order valence-corrected chi connectivity index (χ4v) is 1.93. The summed E-state index contributed by atoms with van der Waals surface area (Å²) in [5, 5.41) is 3.14. The predicted molar refractivity (Wildman–Crippen MR) is 73.5 cm³/mol. The number of pyridine rings is 1. The maximum absolute atomic E-state index is 14.0. The van der Waals surface area contributed by atoms with Crippen molar-refractivity contribution in [2.24, 2.45) is 0 Å². The third-order valence-corrected chi connectivity index (χ3v) is 2.91. The van der Waals surface area contributed by atoms with Crippen LogP contribution in [-0.4, -0.2) is 18.6 Å². The quantitative estimate of drug-likeness (QED) is 0.912. The van der Waals surface area contributed by atoms with Gasteiger partial charge in [0.05, 0.1) is 12.7 Å². The summed E-state index contributed by atoms with van der Waals surface area (Å²) >= 11 is 0. The molecule has 0 atom stereocenters. The highest BCUT2D eigenvalue weighted by molar-refractivity contribution is 5.65. The van der Waals surface area contributed by atoms with Gasteiger partial charge in [0.2, 0.25) is 0 Å². The van der Waals surface area contributed by atoms with Crippen molar-refractivity contribution in [3.05, 3.63) is 47.8 Å². The van der Waals surface area contributed by atoms with Crippen LogP contribution in [0.1, 0.15) is 12.5 Å². The van der Waals surface area contributed by atoms with E-state index in [0.717, 1.165) is 24.2 Å². The first kappa shape index (κ1) is 14.4. The molecule has 106 valence electrons. The maximum Gasteiger partial charge on any atom is 0.137 e. The Morgan fingerprint density at radius 1 is 1.15 bits per heavy atom. The molecule has 1 N–H and O–H groups in total. The number of benzene rings is 1. The van der Waals surface area contributed by atoms with Gasteiger partial charge in [-0.05, 0) is 18.2 Å². The fourth-order valence-electron chi connectivity index (χ4n) is 1.93. The van der Waals surface area contributed by atoms with Crippen molar-refractivity contribution in [3.63, 3.8) is 0 Å². The molecule has 0 amide bonds. The summed E-state index contributed by atoms with van der Waals surface area (Å²) in [5.41, 5.74) is 1.20. The molecule has 2 aromatic rings. The van der Waals surface area contributed by atoms with Gasteiger partial charge in [-0.2, -0.15) is 0 Å². The van der Waals surface area contributed by atoms with E-state index in [4.69, 9.17) is 4.74 Å². The zero-order valence-corrected chi connectivity index (χ0v) is 11.4.